The Morgan fingerprint density at radius 1 is 0.904 bits per heavy atom. The lowest BCUT2D eigenvalue weighted by Crippen LogP contribution is -2.50. The van der Waals surface area contributed by atoms with Crippen molar-refractivity contribution < 1.29 is 58.0 Å². The van der Waals surface area contributed by atoms with E-state index >= 15 is 0 Å². The molecule has 2 heterocycles. The largest absolute Gasteiger partial charge is 0.480 e. The number of rotatable bonds is 28. The number of unbranched alkanes of at least 4 members (excludes halogenated alkanes) is 1. The molecule has 0 spiro atoms. The molecule has 2 aliphatic heterocycles. The van der Waals surface area contributed by atoms with E-state index in [0.29, 0.717) is 32.8 Å². The van der Waals surface area contributed by atoms with Crippen LogP contribution in [0.3, 0.4) is 0 Å². The van der Waals surface area contributed by atoms with Crippen LogP contribution < -0.4 is 27.0 Å². The standard InChI is InChI=1S/C31H50N6O12S3/c32-21(31(46)47)5-6-26(40)36-22(29(44)35-18-28(42)43)19-50-23-17-27(41)37(30(23)45)11-7-25(39)34-10-13-49-15-14-48-12-9-33-24(38)4-2-1-3-20-8-16-51-52-20/h20-23H,1-19,32H2,(H,33,38)(H,34,39)(H,35,44)(H,36,40)(H,42,43)(H,46,47). The van der Waals surface area contributed by atoms with Gasteiger partial charge in [0.05, 0.1) is 31.7 Å². The first-order chi connectivity index (χ1) is 24.9. The number of nitrogens with zero attached hydrogens (tertiary/aromatic N) is 1. The Morgan fingerprint density at radius 2 is 1.58 bits per heavy atom. The molecule has 0 aromatic heterocycles. The number of carbonyl (C=O) groups is 8. The van der Waals surface area contributed by atoms with Gasteiger partial charge in [0.2, 0.25) is 35.4 Å². The quantitative estimate of drug-likeness (QED) is 0.0287. The second-order valence-electron chi connectivity index (χ2n) is 11.9. The van der Waals surface area contributed by atoms with Crippen molar-refractivity contribution in [3.8, 4) is 0 Å². The third kappa shape index (κ3) is 19.1. The monoisotopic (exact) mass is 794 g/mol. The van der Waals surface area contributed by atoms with E-state index < -0.39 is 65.4 Å². The van der Waals surface area contributed by atoms with Gasteiger partial charge in [0.25, 0.3) is 0 Å². The van der Waals surface area contributed by atoms with E-state index in [0.717, 1.165) is 41.2 Å². The Bertz CT molecular complexity index is 1230. The van der Waals surface area contributed by atoms with Crippen LogP contribution in [0, 0.1) is 0 Å². The maximum Gasteiger partial charge on any atom is 0.322 e. The second kappa shape index (κ2) is 25.8. The SMILES string of the molecule is NC(CCC(=O)NC(CSC1CC(=O)N(CCC(=O)NCCOCCOCCNC(=O)CCCCC2CCSS2)C1=O)C(=O)NCC(=O)O)C(=O)O. The maximum absolute atomic E-state index is 12.9. The van der Waals surface area contributed by atoms with Gasteiger partial charge in [-0.2, -0.15) is 0 Å². The van der Waals surface area contributed by atoms with Crippen LogP contribution in [0.2, 0.25) is 0 Å². The van der Waals surface area contributed by atoms with Crippen LogP contribution in [0.15, 0.2) is 0 Å². The van der Waals surface area contributed by atoms with E-state index in [1.165, 1.54) is 12.2 Å². The molecular weight excluding hydrogens is 745 g/mol. The fraction of sp³-hybridized carbons (Fsp3) is 0.742. The van der Waals surface area contributed by atoms with Crippen molar-refractivity contribution >= 4 is 80.7 Å². The van der Waals surface area contributed by atoms with Gasteiger partial charge in [-0.15, -0.1) is 11.8 Å². The summed E-state index contributed by atoms with van der Waals surface area (Å²) in [6.07, 6.45) is 4.02. The molecule has 0 aromatic rings. The van der Waals surface area contributed by atoms with Crippen molar-refractivity contribution in [1.82, 2.24) is 26.2 Å². The van der Waals surface area contributed by atoms with Crippen molar-refractivity contribution in [3.05, 3.63) is 0 Å². The van der Waals surface area contributed by atoms with Crippen molar-refractivity contribution in [2.75, 3.05) is 64.1 Å². The molecule has 2 saturated heterocycles. The fourth-order valence-electron chi connectivity index (χ4n) is 4.84. The Morgan fingerprint density at radius 3 is 2.19 bits per heavy atom. The number of carbonyl (C=O) groups excluding carboxylic acids is 6. The first kappa shape index (κ1) is 45.0. The molecule has 52 heavy (non-hydrogen) atoms. The number of carboxylic acids is 2. The van der Waals surface area contributed by atoms with E-state index in [-0.39, 0.29) is 57.0 Å². The van der Waals surface area contributed by atoms with E-state index in [1.807, 2.05) is 21.6 Å². The number of nitrogens with one attached hydrogen (secondary N) is 4. The number of carboxylic acid groups (broad SMARTS) is 2. The minimum absolute atomic E-state index is 0.0223. The second-order valence-corrected chi connectivity index (χ2v) is 15.9. The highest BCUT2D eigenvalue weighted by Gasteiger charge is 2.39. The van der Waals surface area contributed by atoms with E-state index in [4.69, 9.17) is 25.4 Å². The van der Waals surface area contributed by atoms with Crippen LogP contribution in [-0.2, 0) is 47.8 Å². The Kier molecular flexibility index (Phi) is 22.3. The van der Waals surface area contributed by atoms with Crippen molar-refractivity contribution in [3.63, 3.8) is 0 Å². The lowest BCUT2D eigenvalue weighted by atomic mass is 10.1. The molecule has 0 aliphatic carbocycles. The van der Waals surface area contributed by atoms with Crippen molar-refractivity contribution in [2.45, 2.75) is 80.4 Å². The van der Waals surface area contributed by atoms with Crippen LogP contribution in [0.1, 0.15) is 57.8 Å². The number of aliphatic carboxylic acids is 2. The summed E-state index contributed by atoms with van der Waals surface area (Å²) in [6, 6.07) is -2.58. The summed E-state index contributed by atoms with van der Waals surface area (Å²) in [6.45, 7) is 0.930. The molecule has 294 valence electrons. The number of ether oxygens (including phenoxy) is 2. The minimum Gasteiger partial charge on any atom is -0.480 e. The van der Waals surface area contributed by atoms with E-state index in [9.17, 15) is 38.4 Å². The summed E-state index contributed by atoms with van der Waals surface area (Å²) < 4.78 is 10.9. The zero-order chi connectivity index (χ0) is 38.3. The van der Waals surface area contributed by atoms with Gasteiger partial charge in [0.1, 0.15) is 18.6 Å². The maximum atomic E-state index is 12.9. The first-order valence-corrected chi connectivity index (χ1v) is 20.5. The lowest BCUT2D eigenvalue weighted by Gasteiger charge is -2.20. The van der Waals surface area contributed by atoms with Gasteiger partial charge in [0.15, 0.2) is 0 Å². The molecule has 6 amide bonds. The van der Waals surface area contributed by atoms with Crippen LogP contribution in [-0.4, -0.2) is 149 Å². The number of amides is 6. The topological polar surface area (TPSA) is 273 Å². The van der Waals surface area contributed by atoms with Crippen molar-refractivity contribution in [1.29, 1.82) is 0 Å². The third-order valence-electron chi connectivity index (χ3n) is 7.71. The van der Waals surface area contributed by atoms with Crippen LogP contribution in [0.5, 0.6) is 0 Å². The number of nitrogens with two attached hydrogens (primary N) is 1. The summed E-state index contributed by atoms with van der Waals surface area (Å²) in [5.41, 5.74) is 5.40. The van der Waals surface area contributed by atoms with Gasteiger partial charge in [-0.25, -0.2) is 0 Å². The lowest BCUT2D eigenvalue weighted by molar-refractivity contribution is -0.140. The molecule has 0 saturated carbocycles. The molecule has 0 radical (unpaired) electrons. The number of likely N-dealkylation sites (tertiary alicyclic amines) is 1. The van der Waals surface area contributed by atoms with Crippen LogP contribution in [0.25, 0.3) is 0 Å². The highest BCUT2D eigenvalue weighted by Crippen LogP contribution is 2.39. The normalized spacial score (nSPS) is 18.1. The number of hydrogen-bond donors (Lipinski definition) is 7. The number of hydrogen-bond acceptors (Lipinski definition) is 14. The molecule has 4 unspecified atom stereocenters. The Hall–Kier alpha value is -3.11. The van der Waals surface area contributed by atoms with Crippen LogP contribution in [0.4, 0.5) is 0 Å². The molecule has 8 N–H and O–H groups in total. The highest BCUT2D eigenvalue weighted by atomic mass is 33.1. The van der Waals surface area contributed by atoms with Gasteiger partial charge >= 0.3 is 11.9 Å². The molecule has 0 bridgehead atoms. The molecule has 0 aromatic carbocycles. The highest BCUT2D eigenvalue weighted by molar-refractivity contribution is 8.77. The zero-order valence-corrected chi connectivity index (χ0v) is 31.4. The molecule has 2 fully saturated rings. The summed E-state index contributed by atoms with van der Waals surface area (Å²) in [4.78, 5) is 97.3. The Balaban J connectivity index is 1.58. The summed E-state index contributed by atoms with van der Waals surface area (Å²) in [7, 11) is 3.88. The zero-order valence-electron chi connectivity index (χ0n) is 29.0. The summed E-state index contributed by atoms with van der Waals surface area (Å²) >= 11 is 0.911. The average molecular weight is 795 g/mol. The molecule has 2 aliphatic rings. The molecule has 21 heteroatoms. The van der Waals surface area contributed by atoms with Gasteiger partial charge in [-0.05, 0) is 25.7 Å². The van der Waals surface area contributed by atoms with E-state index in [1.54, 1.807) is 0 Å². The molecule has 18 nitrogen and oxygen atoms in total. The number of thioether (sulfide) groups is 1. The van der Waals surface area contributed by atoms with Gasteiger partial charge < -0.3 is 46.7 Å². The summed E-state index contributed by atoms with van der Waals surface area (Å²) in [5, 5.41) is 27.6. The van der Waals surface area contributed by atoms with Crippen LogP contribution >= 0.6 is 33.3 Å². The molecular formula is C31H50N6O12S3. The molecule has 2 rings (SSSR count). The smallest absolute Gasteiger partial charge is 0.322 e. The van der Waals surface area contributed by atoms with Gasteiger partial charge in [-0.3, -0.25) is 43.3 Å². The predicted molar refractivity (Wildman–Crippen MR) is 194 cm³/mol. The average Bonchev–Trinajstić information content (AvgIpc) is 3.72. The predicted octanol–water partition coefficient (Wildman–Crippen LogP) is -0.905. The summed E-state index contributed by atoms with van der Waals surface area (Å²) in [5.74, 6) is -4.61. The van der Waals surface area contributed by atoms with E-state index in [2.05, 4.69) is 21.3 Å². The fourth-order valence-corrected chi connectivity index (χ4v) is 9.05. The third-order valence-corrected chi connectivity index (χ3v) is 12.0. The molecule has 4 atom stereocenters. The van der Waals surface area contributed by atoms with Crippen molar-refractivity contribution in [2.24, 2.45) is 5.73 Å². The van der Waals surface area contributed by atoms with Gasteiger partial charge in [-0.1, -0.05) is 28.0 Å². The number of imide groups is 1. The Labute approximate surface area is 314 Å². The first-order valence-electron chi connectivity index (χ1n) is 17.1. The van der Waals surface area contributed by atoms with Gasteiger partial charge in [0, 0.05) is 62.1 Å². The minimum atomic E-state index is -1.32.